The highest BCUT2D eigenvalue weighted by atomic mass is 16.5. The molecule has 1 aromatic carbocycles. The molecule has 2 N–H and O–H groups in total. The molecule has 0 fully saturated rings. The van der Waals surface area contributed by atoms with E-state index >= 15 is 0 Å². The summed E-state index contributed by atoms with van der Waals surface area (Å²) in [5.74, 6) is 0.850. The molecular weight excluding hydrogens is 228 g/mol. The van der Waals surface area contributed by atoms with Gasteiger partial charge in [-0.05, 0) is 24.2 Å². The first kappa shape index (κ1) is 15.0. The molecule has 0 saturated carbocycles. The van der Waals surface area contributed by atoms with Crippen LogP contribution in [0.3, 0.4) is 0 Å². The molecule has 0 heterocycles. The fourth-order valence-corrected chi connectivity index (χ4v) is 1.85. The van der Waals surface area contributed by atoms with Gasteiger partial charge in [0, 0.05) is 26.2 Å². The standard InChI is InChI=1S/C14H24N2O2/c1-4-16(8-9-17-2)11-14(15)12-6-5-7-13(10-12)18-3/h5-7,10,14H,4,8-9,11,15H2,1-3H3. The average molecular weight is 252 g/mol. The molecule has 0 saturated heterocycles. The predicted molar refractivity (Wildman–Crippen MR) is 73.9 cm³/mol. The van der Waals surface area contributed by atoms with Gasteiger partial charge in [-0.15, -0.1) is 0 Å². The summed E-state index contributed by atoms with van der Waals surface area (Å²) in [6, 6.07) is 7.93. The highest BCUT2D eigenvalue weighted by molar-refractivity contribution is 5.30. The third-order valence-electron chi connectivity index (χ3n) is 3.04. The van der Waals surface area contributed by atoms with Gasteiger partial charge in [-0.25, -0.2) is 0 Å². The number of rotatable bonds is 8. The highest BCUT2D eigenvalue weighted by Gasteiger charge is 2.11. The van der Waals surface area contributed by atoms with Crippen molar-refractivity contribution >= 4 is 0 Å². The number of ether oxygens (including phenoxy) is 2. The van der Waals surface area contributed by atoms with E-state index in [1.807, 2.05) is 24.3 Å². The van der Waals surface area contributed by atoms with E-state index in [0.717, 1.165) is 37.6 Å². The molecule has 18 heavy (non-hydrogen) atoms. The van der Waals surface area contributed by atoms with E-state index in [2.05, 4.69) is 11.8 Å². The SMILES string of the molecule is CCN(CCOC)CC(N)c1cccc(OC)c1. The van der Waals surface area contributed by atoms with Crippen LogP contribution in [0.4, 0.5) is 0 Å². The molecular formula is C14H24N2O2. The molecule has 1 aromatic rings. The Kier molecular flexibility index (Phi) is 6.72. The van der Waals surface area contributed by atoms with E-state index in [4.69, 9.17) is 15.2 Å². The number of hydrogen-bond acceptors (Lipinski definition) is 4. The number of hydrogen-bond donors (Lipinski definition) is 1. The van der Waals surface area contributed by atoms with E-state index in [1.165, 1.54) is 0 Å². The Morgan fingerprint density at radius 1 is 1.33 bits per heavy atom. The van der Waals surface area contributed by atoms with Crippen molar-refractivity contribution in [1.29, 1.82) is 0 Å². The van der Waals surface area contributed by atoms with Crippen molar-refractivity contribution in [2.24, 2.45) is 5.73 Å². The molecule has 4 nitrogen and oxygen atoms in total. The first-order valence-corrected chi connectivity index (χ1v) is 6.32. The second-order valence-corrected chi connectivity index (χ2v) is 4.27. The Bertz CT molecular complexity index is 344. The van der Waals surface area contributed by atoms with Crippen LogP contribution in [-0.4, -0.2) is 45.4 Å². The Hall–Kier alpha value is -1.10. The minimum absolute atomic E-state index is 0.00286. The van der Waals surface area contributed by atoms with Crippen molar-refractivity contribution < 1.29 is 9.47 Å². The highest BCUT2D eigenvalue weighted by Crippen LogP contribution is 2.18. The maximum absolute atomic E-state index is 6.23. The Morgan fingerprint density at radius 3 is 2.72 bits per heavy atom. The fraction of sp³-hybridized carbons (Fsp3) is 0.571. The van der Waals surface area contributed by atoms with Crippen LogP contribution in [0.2, 0.25) is 0 Å². The molecule has 0 spiro atoms. The van der Waals surface area contributed by atoms with Crippen LogP contribution >= 0.6 is 0 Å². The zero-order valence-corrected chi connectivity index (χ0v) is 11.6. The zero-order chi connectivity index (χ0) is 13.4. The average Bonchev–Trinajstić information content (AvgIpc) is 2.43. The van der Waals surface area contributed by atoms with Crippen LogP contribution in [0.25, 0.3) is 0 Å². The third-order valence-corrected chi connectivity index (χ3v) is 3.04. The van der Waals surface area contributed by atoms with E-state index in [1.54, 1.807) is 14.2 Å². The topological polar surface area (TPSA) is 47.7 Å². The normalized spacial score (nSPS) is 12.7. The van der Waals surface area contributed by atoms with E-state index < -0.39 is 0 Å². The summed E-state index contributed by atoms with van der Waals surface area (Å²) in [7, 11) is 3.39. The minimum Gasteiger partial charge on any atom is -0.497 e. The summed E-state index contributed by atoms with van der Waals surface area (Å²) >= 11 is 0. The number of nitrogens with two attached hydrogens (primary N) is 1. The molecule has 0 bridgehead atoms. The number of nitrogens with zero attached hydrogens (tertiary/aromatic N) is 1. The molecule has 1 unspecified atom stereocenters. The summed E-state index contributed by atoms with van der Waals surface area (Å²) in [4.78, 5) is 2.29. The Morgan fingerprint density at radius 2 is 2.11 bits per heavy atom. The monoisotopic (exact) mass is 252 g/mol. The smallest absolute Gasteiger partial charge is 0.119 e. The lowest BCUT2D eigenvalue weighted by Crippen LogP contribution is -2.34. The molecule has 1 rings (SSSR count). The molecule has 0 amide bonds. The van der Waals surface area contributed by atoms with Crippen molar-refractivity contribution in [3.8, 4) is 5.75 Å². The van der Waals surface area contributed by atoms with Crippen LogP contribution in [0.5, 0.6) is 5.75 Å². The lowest BCUT2D eigenvalue weighted by atomic mass is 10.1. The first-order chi connectivity index (χ1) is 8.71. The van der Waals surface area contributed by atoms with E-state index in [-0.39, 0.29) is 6.04 Å². The zero-order valence-electron chi connectivity index (χ0n) is 11.6. The molecule has 0 aliphatic rings. The Labute approximate surface area is 110 Å². The molecule has 0 aliphatic carbocycles. The molecule has 0 aromatic heterocycles. The van der Waals surface area contributed by atoms with Crippen LogP contribution < -0.4 is 10.5 Å². The Balaban J connectivity index is 2.59. The van der Waals surface area contributed by atoms with Gasteiger partial charge >= 0.3 is 0 Å². The molecule has 102 valence electrons. The largest absolute Gasteiger partial charge is 0.497 e. The summed E-state index contributed by atoms with van der Waals surface area (Å²) in [5, 5.41) is 0. The van der Waals surface area contributed by atoms with Gasteiger partial charge < -0.3 is 15.2 Å². The number of benzene rings is 1. The minimum atomic E-state index is -0.00286. The molecule has 0 aliphatic heterocycles. The van der Waals surface area contributed by atoms with Gasteiger partial charge in [-0.3, -0.25) is 4.90 Å². The van der Waals surface area contributed by atoms with Gasteiger partial charge in [0.05, 0.1) is 13.7 Å². The van der Waals surface area contributed by atoms with Gasteiger partial charge in [0.25, 0.3) is 0 Å². The van der Waals surface area contributed by atoms with Crippen LogP contribution in [0.1, 0.15) is 18.5 Å². The van der Waals surface area contributed by atoms with E-state index in [0.29, 0.717) is 0 Å². The van der Waals surface area contributed by atoms with Gasteiger partial charge in [-0.1, -0.05) is 19.1 Å². The third kappa shape index (κ3) is 4.64. The van der Waals surface area contributed by atoms with Crippen molar-refractivity contribution in [2.75, 3.05) is 40.5 Å². The fourth-order valence-electron chi connectivity index (χ4n) is 1.85. The van der Waals surface area contributed by atoms with Gasteiger partial charge in [0.2, 0.25) is 0 Å². The molecule has 1 atom stereocenters. The van der Waals surface area contributed by atoms with E-state index in [9.17, 15) is 0 Å². The second kappa shape index (κ2) is 8.08. The van der Waals surface area contributed by atoms with Crippen molar-refractivity contribution in [3.63, 3.8) is 0 Å². The summed E-state index contributed by atoms with van der Waals surface area (Å²) in [6.45, 7) is 5.57. The van der Waals surface area contributed by atoms with Crippen LogP contribution in [0.15, 0.2) is 24.3 Å². The lowest BCUT2D eigenvalue weighted by molar-refractivity contribution is 0.147. The molecule has 4 heteroatoms. The predicted octanol–water partition coefficient (Wildman–Crippen LogP) is 1.66. The number of methoxy groups -OCH3 is 2. The first-order valence-electron chi connectivity index (χ1n) is 6.32. The van der Waals surface area contributed by atoms with Crippen molar-refractivity contribution in [2.45, 2.75) is 13.0 Å². The van der Waals surface area contributed by atoms with Crippen LogP contribution in [0, 0.1) is 0 Å². The summed E-state index contributed by atoms with van der Waals surface area (Å²) in [6.07, 6.45) is 0. The number of likely N-dealkylation sites (N-methyl/N-ethyl adjacent to an activating group) is 1. The van der Waals surface area contributed by atoms with Gasteiger partial charge in [0.1, 0.15) is 5.75 Å². The summed E-state index contributed by atoms with van der Waals surface area (Å²) < 4.78 is 10.3. The summed E-state index contributed by atoms with van der Waals surface area (Å²) in [5.41, 5.74) is 7.33. The maximum atomic E-state index is 6.23. The van der Waals surface area contributed by atoms with Gasteiger partial charge in [0.15, 0.2) is 0 Å². The maximum Gasteiger partial charge on any atom is 0.119 e. The lowest BCUT2D eigenvalue weighted by Gasteiger charge is -2.24. The molecule has 0 radical (unpaired) electrons. The van der Waals surface area contributed by atoms with Crippen molar-refractivity contribution in [3.05, 3.63) is 29.8 Å². The quantitative estimate of drug-likeness (QED) is 0.764. The van der Waals surface area contributed by atoms with Crippen LogP contribution in [-0.2, 0) is 4.74 Å². The second-order valence-electron chi connectivity index (χ2n) is 4.27. The van der Waals surface area contributed by atoms with Crippen molar-refractivity contribution in [1.82, 2.24) is 4.90 Å². The van der Waals surface area contributed by atoms with Gasteiger partial charge in [-0.2, -0.15) is 0 Å².